The summed E-state index contributed by atoms with van der Waals surface area (Å²) in [5.74, 6) is 1.56. The molecule has 0 radical (unpaired) electrons. The maximum atomic E-state index is 5.53. The zero-order valence-electron chi connectivity index (χ0n) is 10.3. The average Bonchev–Trinajstić information content (AvgIpc) is 2.26. The molecule has 0 saturated heterocycles. The van der Waals surface area contributed by atoms with Crippen LogP contribution in [0.5, 0.6) is 0 Å². The van der Waals surface area contributed by atoms with Crippen molar-refractivity contribution in [2.45, 2.75) is 24.5 Å². The smallest absolute Gasteiger partial charge is 0.225 e. The lowest BCUT2D eigenvalue weighted by atomic mass is 10.2. The van der Waals surface area contributed by atoms with Crippen LogP contribution in [0.25, 0.3) is 0 Å². The van der Waals surface area contributed by atoms with Gasteiger partial charge < -0.3 is 11.5 Å². The lowest BCUT2D eigenvalue weighted by Crippen LogP contribution is -2.05. The Bertz CT molecular complexity index is 550. The second-order valence-electron chi connectivity index (χ2n) is 4.03. The van der Waals surface area contributed by atoms with Gasteiger partial charge in [0.15, 0.2) is 0 Å². The van der Waals surface area contributed by atoms with Crippen LogP contribution in [0.3, 0.4) is 0 Å². The molecule has 4 N–H and O–H groups in total. The van der Waals surface area contributed by atoms with E-state index >= 15 is 0 Å². The van der Waals surface area contributed by atoms with Crippen LogP contribution in [0, 0.1) is 13.8 Å². The van der Waals surface area contributed by atoms with Gasteiger partial charge in [-0.15, -0.1) is 11.8 Å². The predicted molar refractivity (Wildman–Crippen MR) is 74.1 cm³/mol. The van der Waals surface area contributed by atoms with Crippen molar-refractivity contribution < 1.29 is 0 Å². The van der Waals surface area contributed by atoms with E-state index in [0.29, 0.717) is 11.6 Å². The summed E-state index contributed by atoms with van der Waals surface area (Å²) in [5.41, 5.74) is 13.6. The highest BCUT2D eigenvalue weighted by Crippen LogP contribution is 2.25. The molecule has 0 aliphatic heterocycles. The Morgan fingerprint density at radius 2 is 1.72 bits per heavy atom. The molecular weight excluding hydrogens is 246 g/mol. The molecule has 1 heterocycles. The van der Waals surface area contributed by atoms with Crippen molar-refractivity contribution in [3.05, 3.63) is 35.2 Å². The predicted octanol–water partition coefficient (Wildman–Crippen LogP) is 1.95. The first kappa shape index (κ1) is 12.6. The van der Waals surface area contributed by atoms with E-state index in [1.807, 2.05) is 0 Å². The molecule has 0 atom stereocenters. The second kappa shape index (κ2) is 5.22. The minimum atomic E-state index is 0.165. The number of benzene rings is 1. The summed E-state index contributed by atoms with van der Waals surface area (Å²) >= 11 is 1.66. The summed E-state index contributed by atoms with van der Waals surface area (Å²) in [4.78, 5) is 13.1. The lowest BCUT2D eigenvalue weighted by Gasteiger charge is -2.06. The Kier molecular flexibility index (Phi) is 3.66. The zero-order valence-corrected chi connectivity index (χ0v) is 11.2. The molecule has 6 heteroatoms. The van der Waals surface area contributed by atoms with Crippen molar-refractivity contribution in [2.75, 3.05) is 11.5 Å². The van der Waals surface area contributed by atoms with Crippen molar-refractivity contribution in [1.29, 1.82) is 0 Å². The molecule has 0 fully saturated rings. The van der Waals surface area contributed by atoms with Crippen LogP contribution in [0.15, 0.2) is 23.1 Å². The van der Waals surface area contributed by atoms with Gasteiger partial charge in [0.05, 0.1) is 5.75 Å². The number of nitrogen functional groups attached to an aromatic ring is 2. The maximum Gasteiger partial charge on any atom is 0.225 e. The lowest BCUT2D eigenvalue weighted by molar-refractivity contribution is 0.987. The normalized spacial score (nSPS) is 10.6. The number of thioether (sulfide) groups is 1. The summed E-state index contributed by atoms with van der Waals surface area (Å²) in [5, 5.41) is 0. The molecule has 0 amide bonds. The Hall–Kier alpha value is -1.82. The highest BCUT2D eigenvalue weighted by molar-refractivity contribution is 7.98. The summed E-state index contributed by atoms with van der Waals surface area (Å²) < 4.78 is 0. The largest absolute Gasteiger partial charge is 0.368 e. The minimum Gasteiger partial charge on any atom is -0.368 e. The SMILES string of the molecule is Cc1ccc(SCc2nc(N)nc(N)n2)c(C)c1. The van der Waals surface area contributed by atoms with Gasteiger partial charge in [-0.1, -0.05) is 17.7 Å². The molecule has 18 heavy (non-hydrogen) atoms. The van der Waals surface area contributed by atoms with Crippen LogP contribution in [0.2, 0.25) is 0 Å². The summed E-state index contributed by atoms with van der Waals surface area (Å²) in [6.45, 7) is 4.17. The molecule has 1 aromatic heterocycles. The average molecular weight is 261 g/mol. The van der Waals surface area contributed by atoms with Gasteiger partial charge in [-0.25, -0.2) is 0 Å². The van der Waals surface area contributed by atoms with Gasteiger partial charge >= 0.3 is 0 Å². The zero-order chi connectivity index (χ0) is 13.1. The number of hydrogen-bond donors (Lipinski definition) is 2. The van der Waals surface area contributed by atoms with E-state index in [4.69, 9.17) is 11.5 Å². The third-order valence-corrected chi connectivity index (χ3v) is 3.58. The Morgan fingerprint density at radius 3 is 2.33 bits per heavy atom. The highest BCUT2D eigenvalue weighted by Gasteiger charge is 2.05. The molecule has 2 aromatic rings. The molecule has 0 unspecified atom stereocenters. The van der Waals surface area contributed by atoms with E-state index in [2.05, 4.69) is 47.0 Å². The monoisotopic (exact) mass is 261 g/mol. The van der Waals surface area contributed by atoms with Crippen molar-refractivity contribution in [1.82, 2.24) is 15.0 Å². The van der Waals surface area contributed by atoms with Crippen molar-refractivity contribution in [3.63, 3.8) is 0 Å². The fraction of sp³-hybridized carbons (Fsp3) is 0.250. The summed E-state index contributed by atoms with van der Waals surface area (Å²) in [6.07, 6.45) is 0. The fourth-order valence-electron chi connectivity index (χ4n) is 1.62. The van der Waals surface area contributed by atoms with E-state index in [-0.39, 0.29) is 11.9 Å². The molecule has 0 aliphatic carbocycles. The molecular formula is C12H15N5S. The highest BCUT2D eigenvalue weighted by atomic mass is 32.2. The molecule has 5 nitrogen and oxygen atoms in total. The van der Waals surface area contributed by atoms with Gasteiger partial charge in [-0.2, -0.15) is 15.0 Å². The molecule has 94 valence electrons. The van der Waals surface area contributed by atoms with Crippen LogP contribution >= 0.6 is 11.8 Å². The first-order chi connectivity index (χ1) is 8.54. The molecule has 0 saturated carbocycles. The number of aryl methyl sites for hydroxylation is 2. The van der Waals surface area contributed by atoms with Gasteiger partial charge in [-0.05, 0) is 25.5 Å². The molecule has 0 aliphatic rings. The van der Waals surface area contributed by atoms with Crippen LogP contribution in [0.4, 0.5) is 11.9 Å². The van der Waals surface area contributed by atoms with Crippen LogP contribution in [-0.4, -0.2) is 15.0 Å². The number of anilines is 2. The van der Waals surface area contributed by atoms with Crippen LogP contribution in [-0.2, 0) is 5.75 Å². The van der Waals surface area contributed by atoms with Crippen molar-refractivity contribution in [2.24, 2.45) is 0 Å². The van der Waals surface area contributed by atoms with E-state index in [1.165, 1.54) is 16.0 Å². The summed E-state index contributed by atoms with van der Waals surface area (Å²) in [6, 6.07) is 6.34. The Morgan fingerprint density at radius 1 is 1.06 bits per heavy atom. The van der Waals surface area contributed by atoms with Gasteiger partial charge in [0, 0.05) is 4.90 Å². The van der Waals surface area contributed by atoms with Crippen LogP contribution < -0.4 is 11.5 Å². The first-order valence-electron chi connectivity index (χ1n) is 5.50. The van der Waals surface area contributed by atoms with Crippen molar-refractivity contribution in [3.8, 4) is 0 Å². The third kappa shape index (κ3) is 3.10. The molecule has 2 rings (SSSR count). The maximum absolute atomic E-state index is 5.53. The number of aromatic nitrogens is 3. The van der Waals surface area contributed by atoms with Gasteiger partial charge in [0.2, 0.25) is 11.9 Å². The Balaban J connectivity index is 2.11. The molecule has 1 aromatic carbocycles. The quantitative estimate of drug-likeness (QED) is 0.821. The third-order valence-electron chi connectivity index (χ3n) is 2.40. The topological polar surface area (TPSA) is 90.7 Å². The molecule has 0 spiro atoms. The second-order valence-corrected chi connectivity index (χ2v) is 5.04. The van der Waals surface area contributed by atoms with Gasteiger partial charge in [0.1, 0.15) is 5.82 Å². The first-order valence-corrected chi connectivity index (χ1v) is 6.49. The minimum absolute atomic E-state index is 0.165. The van der Waals surface area contributed by atoms with E-state index < -0.39 is 0 Å². The number of nitrogens with zero attached hydrogens (tertiary/aromatic N) is 3. The van der Waals surface area contributed by atoms with Gasteiger partial charge in [0.25, 0.3) is 0 Å². The van der Waals surface area contributed by atoms with E-state index in [1.54, 1.807) is 11.8 Å². The van der Waals surface area contributed by atoms with E-state index in [9.17, 15) is 0 Å². The molecule has 0 bridgehead atoms. The number of nitrogens with two attached hydrogens (primary N) is 2. The van der Waals surface area contributed by atoms with E-state index in [0.717, 1.165) is 0 Å². The summed E-state index contributed by atoms with van der Waals surface area (Å²) in [7, 11) is 0. The number of hydrogen-bond acceptors (Lipinski definition) is 6. The fourth-order valence-corrected chi connectivity index (χ4v) is 2.49. The Labute approximate surface area is 110 Å². The van der Waals surface area contributed by atoms with Gasteiger partial charge in [-0.3, -0.25) is 0 Å². The van der Waals surface area contributed by atoms with Crippen LogP contribution in [0.1, 0.15) is 17.0 Å². The van der Waals surface area contributed by atoms with Crippen molar-refractivity contribution >= 4 is 23.7 Å². The standard InChI is InChI=1S/C12H15N5S/c1-7-3-4-9(8(2)5-7)18-6-10-15-11(13)17-12(14)16-10/h3-5H,6H2,1-2H3,(H4,13,14,15,16,17). The number of rotatable bonds is 3.